The molecule has 0 aromatic carbocycles. The van der Waals surface area contributed by atoms with Crippen LogP contribution in [-0.2, 0) is 4.79 Å². The summed E-state index contributed by atoms with van der Waals surface area (Å²) in [4.78, 5) is 20.4. The molecule has 9 heteroatoms. The van der Waals surface area contributed by atoms with Crippen molar-refractivity contribution in [3.05, 3.63) is 35.9 Å². The van der Waals surface area contributed by atoms with Gasteiger partial charge in [-0.25, -0.2) is 14.4 Å². The van der Waals surface area contributed by atoms with Crippen LogP contribution in [0.1, 0.15) is 44.2 Å². The number of nitrogens with one attached hydrogen (secondary N) is 1. The van der Waals surface area contributed by atoms with E-state index >= 15 is 0 Å². The summed E-state index contributed by atoms with van der Waals surface area (Å²) in [6, 6.07) is 2.94. The molecule has 0 aliphatic heterocycles. The number of carbonyl (C=O) groups is 1. The molecular formula is C17H24FN5O3. The molecular weight excluding hydrogens is 341 g/mol. The number of nitrogens with zero attached hydrogens (tertiary/aromatic N) is 2. The van der Waals surface area contributed by atoms with Crippen molar-refractivity contribution in [3.63, 3.8) is 0 Å². The number of amides is 1. The van der Waals surface area contributed by atoms with Gasteiger partial charge in [0, 0.05) is 25.2 Å². The minimum atomic E-state index is -1.76. The van der Waals surface area contributed by atoms with Crippen molar-refractivity contribution in [2.45, 2.75) is 50.0 Å². The number of aliphatic imine (C=N–C) groups is 1. The van der Waals surface area contributed by atoms with Crippen LogP contribution in [0.25, 0.3) is 0 Å². The van der Waals surface area contributed by atoms with Gasteiger partial charge in [-0.1, -0.05) is 6.07 Å². The maximum Gasteiger partial charge on any atom is 0.240 e. The quantitative estimate of drug-likeness (QED) is 0.383. The Morgan fingerprint density at radius 2 is 2.04 bits per heavy atom. The SMILES string of the molecule is C[C@H](NC(=O)C1(N)CCC(O)(O)CC1)c1ccc(N=CC(F)=CN)nc1. The third-order valence-electron chi connectivity index (χ3n) is 4.49. The highest BCUT2D eigenvalue weighted by Crippen LogP contribution is 2.32. The van der Waals surface area contributed by atoms with Gasteiger partial charge in [0.25, 0.3) is 0 Å². The van der Waals surface area contributed by atoms with Gasteiger partial charge in [-0.15, -0.1) is 0 Å². The number of nitrogens with two attached hydrogens (primary N) is 2. The molecule has 142 valence electrons. The fraction of sp³-hybridized carbons (Fsp3) is 0.471. The van der Waals surface area contributed by atoms with E-state index in [0.717, 1.165) is 18.0 Å². The van der Waals surface area contributed by atoms with Crippen LogP contribution in [0, 0.1) is 0 Å². The zero-order chi connectivity index (χ0) is 19.4. The molecule has 1 heterocycles. The van der Waals surface area contributed by atoms with Crippen LogP contribution in [0.15, 0.2) is 35.3 Å². The Kier molecular flexibility index (Phi) is 6.06. The predicted molar refractivity (Wildman–Crippen MR) is 94.9 cm³/mol. The van der Waals surface area contributed by atoms with Crippen molar-refractivity contribution < 1.29 is 19.4 Å². The number of allylic oxidation sites excluding steroid dienone is 1. The van der Waals surface area contributed by atoms with Gasteiger partial charge in [-0.2, -0.15) is 0 Å². The molecule has 26 heavy (non-hydrogen) atoms. The number of rotatable bonds is 5. The zero-order valence-electron chi connectivity index (χ0n) is 14.5. The van der Waals surface area contributed by atoms with E-state index in [1.54, 1.807) is 19.1 Å². The molecule has 8 nitrogen and oxygen atoms in total. The van der Waals surface area contributed by atoms with Gasteiger partial charge in [0.2, 0.25) is 5.91 Å². The van der Waals surface area contributed by atoms with Crippen molar-refractivity contribution in [2.75, 3.05) is 0 Å². The smallest absolute Gasteiger partial charge is 0.240 e. The topological polar surface area (TPSA) is 147 Å². The van der Waals surface area contributed by atoms with Crippen molar-refractivity contribution in [1.29, 1.82) is 0 Å². The average Bonchev–Trinajstić information content (AvgIpc) is 2.62. The number of hydrogen-bond acceptors (Lipinski definition) is 7. The van der Waals surface area contributed by atoms with Gasteiger partial charge in [-0.3, -0.25) is 4.79 Å². The number of halogens is 1. The van der Waals surface area contributed by atoms with E-state index in [1.807, 2.05) is 0 Å². The summed E-state index contributed by atoms with van der Waals surface area (Å²) in [6.07, 6.45) is 3.74. The highest BCUT2D eigenvalue weighted by atomic mass is 19.1. The molecule has 1 aromatic heterocycles. The van der Waals surface area contributed by atoms with Gasteiger partial charge in [-0.05, 0) is 31.4 Å². The van der Waals surface area contributed by atoms with E-state index in [2.05, 4.69) is 15.3 Å². The lowest BCUT2D eigenvalue weighted by molar-refractivity contribution is -0.189. The van der Waals surface area contributed by atoms with Crippen LogP contribution >= 0.6 is 0 Å². The fourth-order valence-corrected chi connectivity index (χ4v) is 2.65. The third-order valence-corrected chi connectivity index (χ3v) is 4.49. The molecule has 1 fully saturated rings. The number of hydrogen-bond donors (Lipinski definition) is 5. The first-order chi connectivity index (χ1) is 12.1. The molecule has 1 atom stereocenters. The van der Waals surface area contributed by atoms with Crippen LogP contribution in [0.3, 0.4) is 0 Å². The zero-order valence-corrected chi connectivity index (χ0v) is 14.5. The number of aliphatic hydroxyl groups is 2. The summed E-state index contributed by atoms with van der Waals surface area (Å²) >= 11 is 0. The Balaban J connectivity index is 1.98. The van der Waals surface area contributed by atoms with Crippen molar-refractivity contribution in [3.8, 4) is 0 Å². The van der Waals surface area contributed by atoms with Gasteiger partial charge in [0.15, 0.2) is 17.4 Å². The molecule has 2 rings (SSSR count). The van der Waals surface area contributed by atoms with Crippen molar-refractivity contribution in [1.82, 2.24) is 10.3 Å². The highest BCUT2D eigenvalue weighted by Gasteiger charge is 2.43. The first-order valence-corrected chi connectivity index (χ1v) is 8.27. The van der Waals surface area contributed by atoms with E-state index in [-0.39, 0.29) is 37.6 Å². The second kappa shape index (κ2) is 7.90. The summed E-state index contributed by atoms with van der Waals surface area (Å²) < 4.78 is 12.9. The lowest BCUT2D eigenvalue weighted by Crippen LogP contribution is -2.58. The largest absolute Gasteiger partial charge is 0.402 e. The van der Waals surface area contributed by atoms with Crippen LogP contribution in [0.2, 0.25) is 0 Å². The first-order valence-electron chi connectivity index (χ1n) is 8.27. The molecule has 7 N–H and O–H groups in total. The first kappa shape index (κ1) is 20.0. The molecule has 0 saturated heterocycles. The van der Waals surface area contributed by atoms with E-state index in [9.17, 15) is 19.4 Å². The summed E-state index contributed by atoms with van der Waals surface area (Å²) in [7, 11) is 0. The van der Waals surface area contributed by atoms with Crippen LogP contribution in [-0.4, -0.2) is 38.6 Å². The maximum atomic E-state index is 12.9. The van der Waals surface area contributed by atoms with E-state index in [1.165, 1.54) is 6.20 Å². The lowest BCUT2D eigenvalue weighted by Gasteiger charge is -2.38. The second-order valence-corrected chi connectivity index (χ2v) is 6.59. The molecule has 1 aliphatic carbocycles. The monoisotopic (exact) mass is 365 g/mol. The predicted octanol–water partition coefficient (Wildman–Crippen LogP) is 0.683. The van der Waals surface area contributed by atoms with Crippen LogP contribution in [0.5, 0.6) is 0 Å². The van der Waals surface area contributed by atoms with E-state index < -0.39 is 17.2 Å². The number of pyridine rings is 1. The van der Waals surface area contributed by atoms with Gasteiger partial charge in [0.1, 0.15) is 0 Å². The molecule has 0 unspecified atom stereocenters. The normalized spacial score (nSPS) is 20.7. The fourth-order valence-electron chi connectivity index (χ4n) is 2.65. The Bertz CT molecular complexity index is 693. The average molecular weight is 365 g/mol. The summed E-state index contributed by atoms with van der Waals surface area (Å²) in [5.41, 5.74) is 10.7. The Morgan fingerprint density at radius 1 is 1.38 bits per heavy atom. The van der Waals surface area contributed by atoms with Gasteiger partial charge >= 0.3 is 0 Å². The minimum absolute atomic E-state index is 0.0490. The van der Waals surface area contributed by atoms with Gasteiger partial charge < -0.3 is 27.0 Å². The number of aromatic nitrogens is 1. The molecule has 0 radical (unpaired) electrons. The molecule has 1 aromatic rings. The van der Waals surface area contributed by atoms with Crippen LogP contribution in [0.4, 0.5) is 10.2 Å². The van der Waals surface area contributed by atoms with Crippen molar-refractivity contribution in [2.24, 2.45) is 16.5 Å². The minimum Gasteiger partial charge on any atom is -0.402 e. The summed E-state index contributed by atoms with van der Waals surface area (Å²) in [5, 5.41) is 22.0. The Hall–Kier alpha value is -2.36. The molecule has 0 bridgehead atoms. The summed E-state index contributed by atoms with van der Waals surface area (Å²) in [6.45, 7) is 1.78. The Labute approximate surface area is 150 Å². The lowest BCUT2D eigenvalue weighted by atomic mass is 9.78. The number of carbonyl (C=O) groups excluding carboxylic acids is 1. The molecule has 1 amide bonds. The van der Waals surface area contributed by atoms with Gasteiger partial charge in [0.05, 0.1) is 17.8 Å². The van der Waals surface area contributed by atoms with E-state index in [4.69, 9.17) is 11.5 Å². The standard InChI is InChI=1S/C17H24FN5O3/c1-11(12-2-3-14(21-9-12)22-10-13(18)8-19)23-15(24)16(20)4-6-17(25,26)7-5-16/h2-3,8-11,25-26H,4-7,19-20H2,1H3,(H,23,24)/t11-/m0/s1. The van der Waals surface area contributed by atoms with Crippen LogP contribution < -0.4 is 16.8 Å². The molecule has 0 spiro atoms. The highest BCUT2D eigenvalue weighted by molar-refractivity contribution is 5.86. The second-order valence-electron chi connectivity index (χ2n) is 6.59. The maximum absolute atomic E-state index is 12.9. The van der Waals surface area contributed by atoms with Crippen molar-refractivity contribution >= 4 is 17.9 Å². The Morgan fingerprint density at radius 3 is 2.58 bits per heavy atom. The molecule has 1 saturated carbocycles. The summed E-state index contributed by atoms with van der Waals surface area (Å²) in [5.74, 6) is -2.48. The van der Waals surface area contributed by atoms with E-state index in [0.29, 0.717) is 5.82 Å². The third kappa shape index (κ3) is 5.07. The molecule has 1 aliphatic rings.